The molecule has 0 unspecified atom stereocenters. The van der Waals surface area contributed by atoms with Gasteiger partial charge in [-0.2, -0.15) is 13.2 Å². The highest BCUT2D eigenvalue weighted by Crippen LogP contribution is 2.39. The van der Waals surface area contributed by atoms with Crippen molar-refractivity contribution in [2.45, 2.75) is 19.0 Å². The minimum atomic E-state index is -4.35. The maximum atomic E-state index is 13.0. The Morgan fingerprint density at radius 3 is 2.23 bits per heavy atom. The maximum absolute atomic E-state index is 13.0. The zero-order valence-corrected chi connectivity index (χ0v) is 11.9. The minimum Gasteiger partial charge on any atom is -0.455 e. The van der Waals surface area contributed by atoms with Gasteiger partial charge in [0, 0.05) is 13.1 Å². The van der Waals surface area contributed by atoms with Gasteiger partial charge >= 0.3 is 6.18 Å². The van der Waals surface area contributed by atoms with Crippen LogP contribution in [0.1, 0.15) is 18.4 Å². The molecule has 1 saturated heterocycles. The minimum absolute atomic E-state index is 0.459. The Morgan fingerprint density at radius 1 is 0.909 bits per heavy atom. The molecule has 0 radical (unpaired) electrons. The molecule has 1 aliphatic heterocycles. The molecule has 1 aliphatic rings. The lowest BCUT2D eigenvalue weighted by molar-refractivity contribution is -0.137. The van der Waals surface area contributed by atoms with Crippen LogP contribution in [-0.4, -0.2) is 13.1 Å². The van der Waals surface area contributed by atoms with Gasteiger partial charge in [0.1, 0.15) is 5.75 Å². The Balaban J connectivity index is 1.97. The monoisotopic (exact) mass is 307 g/mol. The second-order valence-electron chi connectivity index (χ2n) is 5.29. The van der Waals surface area contributed by atoms with Gasteiger partial charge in [-0.05, 0) is 43.2 Å². The normalized spacial score (nSPS) is 15.1. The van der Waals surface area contributed by atoms with Crippen LogP contribution in [-0.2, 0) is 6.18 Å². The molecule has 2 aromatic carbocycles. The van der Waals surface area contributed by atoms with Gasteiger partial charge in [-0.15, -0.1) is 0 Å². The Morgan fingerprint density at radius 2 is 1.59 bits per heavy atom. The van der Waals surface area contributed by atoms with Crippen LogP contribution in [0.25, 0.3) is 0 Å². The van der Waals surface area contributed by atoms with Crippen molar-refractivity contribution < 1.29 is 17.9 Å². The standard InChI is InChI=1S/C17H16F3NO/c18-17(19,20)13-8-9-16(22-14-6-2-1-3-7-14)15(12-13)21-10-4-5-11-21/h1-3,6-9,12H,4-5,10-11H2. The summed E-state index contributed by atoms with van der Waals surface area (Å²) in [4.78, 5) is 1.95. The number of anilines is 1. The number of para-hydroxylation sites is 1. The number of hydrogen-bond donors (Lipinski definition) is 0. The highest BCUT2D eigenvalue weighted by Gasteiger charge is 2.32. The lowest BCUT2D eigenvalue weighted by Gasteiger charge is -2.22. The molecule has 0 bridgehead atoms. The molecule has 0 spiro atoms. The first kappa shape index (κ1) is 14.8. The third-order valence-corrected chi connectivity index (χ3v) is 3.70. The Hall–Kier alpha value is -2.17. The summed E-state index contributed by atoms with van der Waals surface area (Å²) < 4.78 is 44.6. The molecule has 2 nitrogen and oxygen atoms in total. The molecular formula is C17H16F3NO. The Labute approximate surface area is 127 Å². The summed E-state index contributed by atoms with van der Waals surface area (Å²) in [6.45, 7) is 1.51. The number of alkyl halides is 3. The molecule has 0 saturated carbocycles. The lowest BCUT2D eigenvalue weighted by Crippen LogP contribution is -2.19. The van der Waals surface area contributed by atoms with E-state index in [0.29, 0.717) is 17.2 Å². The van der Waals surface area contributed by atoms with Crippen molar-refractivity contribution >= 4 is 5.69 Å². The van der Waals surface area contributed by atoms with Gasteiger partial charge in [0.2, 0.25) is 0 Å². The van der Waals surface area contributed by atoms with Gasteiger partial charge in [0.25, 0.3) is 0 Å². The predicted octanol–water partition coefficient (Wildman–Crippen LogP) is 5.10. The first-order valence-corrected chi connectivity index (χ1v) is 7.23. The second-order valence-corrected chi connectivity index (χ2v) is 5.29. The van der Waals surface area contributed by atoms with E-state index in [9.17, 15) is 13.2 Å². The van der Waals surface area contributed by atoms with Gasteiger partial charge in [0.15, 0.2) is 5.75 Å². The van der Waals surface area contributed by atoms with Crippen molar-refractivity contribution in [2.75, 3.05) is 18.0 Å². The quantitative estimate of drug-likeness (QED) is 0.782. The van der Waals surface area contributed by atoms with Crippen LogP contribution in [0.15, 0.2) is 48.5 Å². The van der Waals surface area contributed by atoms with E-state index in [4.69, 9.17) is 4.74 Å². The molecular weight excluding hydrogens is 291 g/mol. The van der Waals surface area contributed by atoms with Gasteiger partial charge < -0.3 is 9.64 Å². The van der Waals surface area contributed by atoms with Gasteiger partial charge in [0.05, 0.1) is 11.3 Å². The van der Waals surface area contributed by atoms with Gasteiger partial charge in [-0.3, -0.25) is 0 Å². The first-order valence-electron chi connectivity index (χ1n) is 7.23. The lowest BCUT2D eigenvalue weighted by atomic mass is 10.1. The van der Waals surface area contributed by atoms with Gasteiger partial charge in [-0.25, -0.2) is 0 Å². The molecule has 0 aromatic heterocycles. The van der Waals surface area contributed by atoms with E-state index in [1.54, 1.807) is 12.1 Å². The van der Waals surface area contributed by atoms with E-state index in [-0.39, 0.29) is 0 Å². The summed E-state index contributed by atoms with van der Waals surface area (Å²) in [5.74, 6) is 1.07. The molecule has 22 heavy (non-hydrogen) atoms. The summed E-state index contributed by atoms with van der Waals surface area (Å²) in [6, 6.07) is 12.7. The van der Waals surface area contributed by atoms with Crippen molar-refractivity contribution in [1.29, 1.82) is 0 Å². The van der Waals surface area contributed by atoms with Crippen LogP contribution in [0.3, 0.4) is 0 Å². The Kier molecular flexibility index (Phi) is 3.96. The summed E-state index contributed by atoms with van der Waals surface area (Å²) in [5, 5.41) is 0. The van der Waals surface area contributed by atoms with Crippen molar-refractivity contribution in [1.82, 2.24) is 0 Å². The molecule has 1 heterocycles. The molecule has 0 atom stereocenters. The summed E-state index contributed by atoms with van der Waals surface area (Å²) in [6.07, 6.45) is -2.37. The van der Waals surface area contributed by atoms with Crippen LogP contribution in [0.5, 0.6) is 11.5 Å². The molecule has 5 heteroatoms. The number of halogens is 3. The van der Waals surface area contributed by atoms with E-state index in [1.165, 1.54) is 12.1 Å². The molecule has 0 amide bonds. The number of nitrogens with zero attached hydrogens (tertiary/aromatic N) is 1. The fourth-order valence-corrected chi connectivity index (χ4v) is 2.60. The van der Waals surface area contributed by atoms with E-state index in [2.05, 4.69) is 0 Å². The third kappa shape index (κ3) is 3.18. The van der Waals surface area contributed by atoms with E-state index < -0.39 is 11.7 Å². The highest BCUT2D eigenvalue weighted by atomic mass is 19.4. The van der Waals surface area contributed by atoms with Crippen molar-refractivity contribution in [3.63, 3.8) is 0 Å². The zero-order valence-electron chi connectivity index (χ0n) is 11.9. The van der Waals surface area contributed by atoms with E-state index >= 15 is 0 Å². The fraction of sp³-hybridized carbons (Fsp3) is 0.294. The van der Waals surface area contributed by atoms with Crippen LogP contribution < -0.4 is 9.64 Å². The van der Waals surface area contributed by atoms with Crippen molar-refractivity contribution in [3.8, 4) is 11.5 Å². The van der Waals surface area contributed by atoms with Crippen molar-refractivity contribution in [3.05, 3.63) is 54.1 Å². The molecule has 0 N–H and O–H groups in total. The van der Waals surface area contributed by atoms with Crippen LogP contribution in [0, 0.1) is 0 Å². The molecule has 1 fully saturated rings. The van der Waals surface area contributed by atoms with E-state index in [0.717, 1.165) is 32.0 Å². The number of hydrogen-bond acceptors (Lipinski definition) is 2. The Bertz CT molecular complexity index is 634. The van der Waals surface area contributed by atoms with Crippen LogP contribution in [0.4, 0.5) is 18.9 Å². The van der Waals surface area contributed by atoms with Gasteiger partial charge in [-0.1, -0.05) is 18.2 Å². The molecule has 3 rings (SSSR count). The average Bonchev–Trinajstić information content (AvgIpc) is 3.01. The molecule has 0 aliphatic carbocycles. The fourth-order valence-electron chi connectivity index (χ4n) is 2.60. The maximum Gasteiger partial charge on any atom is 0.416 e. The molecule has 2 aromatic rings. The van der Waals surface area contributed by atoms with Crippen molar-refractivity contribution in [2.24, 2.45) is 0 Å². The number of rotatable bonds is 3. The number of benzene rings is 2. The SMILES string of the molecule is FC(F)(F)c1ccc(Oc2ccccc2)c(N2CCCC2)c1. The smallest absolute Gasteiger partial charge is 0.416 e. The van der Waals surface area contributed by atoms with Crippen LogP contribution >= 0.6 is 0 Å². The first-order chi connectivity index (χ1) is 10.5. The van der Waals surface area contributed by atoms with E-state index in [1.807, 2.05) is 23.1 Å². The predicted molar refractivity (Wildman–Crippen MR) is 79.4 cm³/mol. The summed E-state index contributed by atoms with van der Waals surface area (Å²) >= 11 is 0. The summed E-state index contributed by atoms with van der Waals surface area (Å²) in [7, 11) is 0. The highest BCUT2D eigenvalue weighted by molar-refractivity contribution is 5.62. The zero-order chi connectivity index (χ0) is 15.6. The molecule has 116 valence electrons. The largest absolute Gasteiger partial charge is 0.455 e. The summed E-state index contributed by atoms with van der Waals surface area (Å²) in [5.41, 5.74) is -0.133. The number of ether oxygens (including phenoxy) is 1. The average molecular weight is 307 g/mol. The third-order valence-electron chi connectivity index (χ3n) is 3.70. The second kappa shape index (κ2) is 5.91. The van der Waals surface area contributed by atoms with Crippen LogP contribution in [0.2, 0.25) is 0 Å². The topological polar surface area (TPSA) is 12.5 Å².